The lowest BCUT2D eigenvalue weighted by molar-refractivity contribution is -0.167. The maximum atomic E-state index is 12.9. The molecule has 6 nitrogen and oxygen atoms in total. The van der Waals surface area contributed by atoms with Crippen molar-refractivity contribution in [3.63, 3.8) is 0 Å². The van der Waals surface area contributed by atoms with Crippen LogP contribution in [0.1, 0.15) is 419 Å². The molecule has 0 aliphatic carbocycles. The summed E-state index contributed by atoms with van der Waals surface area (Å²) >= 11 is 0. The lowest BCUT2D eigenvalue weighted by Crippen LogP contribution is -2.30. The zero-order chi connectivity index (χ0) is 57.1. The van der Waals surface area contributed by atoms with Gasteiger partial charge < -0.3 is 14.2 Å². The third-order valence-corrected chi connectivity index (χ3v) is 16.8. The van der Waals surface area contributed by atoms with Crippen LogP contribution in [-0.2, 0) is 28.6 Å². The maximum absolute atomic E-state index is 12.9. The lowest BCUT2D eigenvalue weighted by atomic mass is 10.0. The molecule has 0 radical (unpaired) electrons. The van der Waals surface area contributed by atoms with Crippen molar-refractivity contribution in [3.05, 3.63) is 12.2 Å². The van der Waals surface area contributed by atoms with Crippen molar-refractivity contribution in [1.29, 1.82) is 0 Å². The Morgan fingerprint density at radius 1 is 0.241 bits per heavy atom. The first-order valence-electron chi connectivity index (χ1n) is 36.2. The molecule has 468 valence electrons. The fourth-order valence-electron chi connectivity index (χ4n) is 11.3. The van der Waals surface area contributed by atoms with Crippen LogP contribution in [0.4, 0.5) is 0 Å². The second kappa shape index (κ2) is 68.6. The van der Waals surface area contributed by atoms with Gasteiger partial charge in [0.15, 0.2) is 6.10 Å². The Hall–Kier alpha value is -1.85. The number of esters is 3. The van der Waals surface area contributed by atoms with Gasteiger partial charge in [-0.2, -0.15) is 0 Å². The molecule has 79 heavy (non-hydrogen) atoms. The summed E-state index contributed by atoms with van der Waals surface area (Å²) in [6.45, 7) is 6.73. The molecule has 1 unspecified atom stereocenters. The molecule has 0 heterocycles. The van der Waals surface area contributed by atoms with Crippen molar-refractivity contribution in [2.45, 2.75) is 425 Å². The van der Waals surface area contributed by atoms with Crippen molar-refractivity contribution < 1.29 is 28.6 Å². The van der Waals surface area contributed by atoms with E-state index in [0.717, 1.165) is 64.2 Å². The van der Waals surface area contributed by atoms with E-state index >= 15 is 0 Å². The average Bonchev–Trinajstić information content (AvgIpc) is 3.45. The summed E-state index contributed by atoms with van der Waals surface area (Å²) < 4.78 is 17.0. The quantitative estimate of drug-likeness (QED) is 0.0261. The largest absolute Gasteiger partial charge is 0.462 e. The van der Waals surface area contributed by atoms with Crippen LogP contribution < -0.4 is 0 Å². The van der Waals surface area contributed by atoms with Crippen molar-refractivity contribution in [3.8, 4) is 0 Å². The van der Waals surface area contributed by atoms with Gasteiger partial charge in [0.05, 0.1) is 0 Å². The molecule has 1 atom stereocenters. The number of allylic oxidation sites excluding steroid dienone is 2. The minimum atomic E-state index is -0.770. The lowest BCUT2D eigenvalue weighted by Gasteiger charge is -2.18. The van der Waals surface area contributed by atoms with E-state index in [9.17, 15) is 14.4 Å². The Bertz CT molecular complexity index is 1230. The Morgan fingerprint density at radius 3 is 0.633 bits per heavy atom. The molecule has 0 aliphatic heterocycles. The van der Waals surface area contributed by atoms with Gasteiger partial charge in [-0.05, 0) is 44.9 Å². The van der Waals surface area contributed by atoms with Crippen LogP contribution in [0.15, 0.2) is 12.2 Å². The zero-order valence-corrected chi connectivity index (χ0v) is 53.9. The molecule has 0 spiro atoms. The first-order chi connectivity index (χ1) is 39.0. The first kappa shape index (κ1) is 77.2. The summed E-state index contributed by atoms with van der Waals surface area (Å²) in [6, 6.07) is 0. The Morgan fingerprint density at radius 2 is 0.418 bits per heavy atom. The van der Waals surface area contributed by atoms with E-state index in [2.05, 4.69) is 32.9 Å². The molecule has 0 amide bonds. The van der Waals surface area contributed by atoms with E-state index in [0.29, 0.717) is 19.3 Å². The summed E-state index contributed by atoms with van der Waals surface area (Å²) in [5, 5.41) is 0. The van der Waals surface area contributed by atoms with E-state index < -0.39 is 6.10 Å². The summed E-state index contributed by atoms with van der Waals surface area (Å²) in [5.74, 6) is -0.838. The highest BCUT2D eigenvalue weighted by Gasteiger charge is 2.19. The van der Waals surface area contributed by atoms with Crippen LogP contribution in [0.25, 0.3) is 0 Å². The maximum Gasteiger partial charge on any atom is 0.306 e. The number of carbonyl (C=O) groups excluding carboxylic acids is 3. The molecule has 0 aliphatic rings. The molecular weight excluding hydrogens is 973 g/mol. The van der Waals surface area contributed by atoms with E-state index in [1.54, 1.807) is 0 Å². The standard InChI is InChI=1S/C73H140O6/c1-4-7-10-13-16-19-22-25-28-31-32-33-34-35-36-37-38-39-40-41-43-45-48-51-54-57-60-63-66-72(75)78-69-70(68-77-71(74)65-62-59-56-53-50-47-44-30-27-24-21-18-15-12-9-6-3)79-73(76)67-64-61-58-55-52-49-46-42-29-26-23-20-17-14-11-8-5-2/h30,44,70H,4-29,31-43,45-69H2,1-3H3/b44-30-. The van der Waals surface area contributed by atoms with E-state index in [-0.39, 0.29) is 31.1 Å². The molecule has 0 bridgehead atoms. The molecule has 0 saturated carbocycles. The van der Waals surface area contributed by atoms with Crippen LogP contribution in [0.2, 0.25) is 0 Å². The SMILES string of the molecule is CCCCCCCCC/C=C\CCCCCCCC(=O)OCC(COC(=O)CCCCCCCCCCCCCCCCCCCCCCCCCCCCCC)OC(=O)CCCCCCCCCCCCCCCCCCC. The molecule has 0 aromatic rings. The van der Waals surface area contributed by atoms with Gasteiger partial charge in [0.2, 0.25) is 0 Å². The monoisotopic (exact) mass is 1110 g/mol. The average molecular weight is 1110 g/mol. The molecule has 0 rings (SSSR count). The molecule has 6 heteroatoms. The highest BCUT2D eigenvalue weighted by atomic mass is 16.6. The van der Waals surface area contributed by atoms with Crippen LogP contribution in [0, 0.1) is 0 Å². The van der Waals surface area contributed by atoms with Crippen LogP contribution >= 0.6 is 0 Å². The predicted octanol–water partition coefficient (Wildman–Crippen LogP) is 24.8. The van der Waals surface area contributed by atoms with Gasteiger partial charge >= 0.3 is 17.9 Å². The topological polar surface area (TPSA) is 78.9 Å². The van der Waals surface area contributed by atoms with E-state index in [4.69, 9.17) is 14.2 Å². The van der Waals surface area contributed by atoms with Crippen LogP contribution in [0.3, 0.4) is 0 Å². The first-order valence-corrected chi connectivity index (χ1v) is 36.2. The number of rotatable bonds is 68. The number of hydrogen-bond acceptors (Lipinski definition) is 6. The fourth-order valence-corrected chi connectivity index (χ4v) is 11.3. The second-order valence-electron chi connectivity index (χ2n) is 24.9. The third kappa shape index (κ3) is 66.8. The minimum Gasteiger partial charge on any atom is -0.462 e. The highest BCUT2D eigenvalue weighted by molar-refractivity contribution is 5.71. The van der Waals surface area contributed by atoms with Gasteiger partial charge in [-0.1, -0.05) is 367 Å². The van der Waals surface area contributed by atoms with E-state index in [1.807, 2.05) is 0 Å². The van der Waals surface area contributed by atoms with Crippen molar-refractivity contribution in [2.75, 3.05) is 13.2 Å². The molecule has 0 aromatic carbocycles. The number of carbonyl (C=O) groups is 3. The van der Waals surface area contributed by atoms with Crippen molar-refractivity contribution >= 4 is 17.9 Å². The van der Waals surface area contributed by atoms with Gasteiger partial charge in [-0.15, -0.1) is 0 Å². The molecule has 0 aromatic heterocycles. The molecule has 0 saturated heterocycles. The van der Waals surface area contributed by atoms with Crippen molar-refractivity contribution in [1.82, 2.24) is 0 Å². The smallest absolute Gasteiger partial charge is 0.306 e. The van der Waals surface area contributed by atoms with E-state index in [1.165, 1.54) is 315 Å². The number of hydrogen-bond donors (Lipinski definition) is 0. The molecular formula is C73H140O6. The summed E-state index contributed by atoms with van der Waals surface area (Å²) in [4.78, 5) is 38.4. The highest BCUT2D eigenvalue weighted by Crippen LogP contribution is 2.19. The molecule has 0 N–H and O–H groups in total. The predicted molar refractivity (Wildman–Crippen MR) is 344 cm³/mol. The minimum absolute atomic E-state index is 0.0655. The Kier molecular flexibility index (Phi) is 67.0. The van der Waals surface area contributed by atoms with Gasteiger partial charge in [-0.25, -0.2) is 0 Å². The summed E-state index contributed by atoms with van der Waals surface area (Å²) in [5.41, 5.74) is 0. The van der Waals surface area contributed by atoms with Crippen molar-refractivity contribution in [2.24, 2.45) is 0 Å². The second-order valence-corrected chi connectivity index (χ2v) is 24.9. The van der Waals surface area contributed by atoms with Crippen LogP contribution in [-0.4, -0.2) is 37.2 Å². The third-order valence-electron chi connectivity index (χ3n) is 16.8. The number of ether oxygens (including phenoxy) is 3. The van der Waals surface area contributed by atoms with Gasteiger partial charge in [0.25, 0.3) is 0 Å². The van der Waals surface area contributed by atoms with Gasteiger partial charge in [-0.3, -0.25) is 14.4 Å². The summed E-state index contributed by atoms with van der Waals surface area (Å²) in [7, 11) is 0. The Labute approximate surface area is 494 Å². The zero-order valence-electron chi connectivity index (χ0n) is 53.9. The summed E-state index contributed by atoms with van der Waals surface area (Å²) in [6.07, 6.45) is 82.5. The number of unbranched alkanes of at least 4 members (excludes halogenated alkanes) is 55. The van der Waals surface area contributed by atoms with Gasteiger partial charge in [0.1, 0.15) is 13.2 Å². The molecule has 0 fully saturated rings. The fraction of sp³-hybridized carbons (Fsp3) is 0.932. The van der Waals surface area contributed by atoms with Crippen LogP contribution in [0.5, 0.6) is 0 Å². The van der Waals surface area contributed by atoms with Gasteiger partial charge in [0, 0.05) is 19.3 Å². The normalized spacial score (nSPS) is 12.0. The Balaban J connectivity index is 4.19.